The van der Waals surface area contributed by atoms with Gasteiger partial charge in [0.1, 0.15) is 12.1 Å². The molecule has 1 aromatic carbocycles. The highest BCUT2D eigenvalue weighted by Gasteiger charge is 2.29. The maximum absolute atomic E-state index is 13.3. The van der Waals surface area contributed by atoms with Gasteiger partial charge in [-0.05, 0) is 62.3 Å². The van der Waals surface area contributed by atoms with Crippen molar-refractivity contribution in [3.63, 3.8) is 0 Å². The van der Waals surface area contributed by atoms with Gasteiger partial charge in [-0.15, -0.1) is 0 Å². The van der Waals surface area contributed by atoms with Crippen molar-refractivity contribution in [2.24, 2.45) is 23.3 Å². The highest BCUT2D eigenvalue weighted by atomic mass is 16.5. The summed E-state index contributed by atoms with van der Waals surface area (Å²) in [5, 5.41) is 8.11. The van der Waals surface area contributed by atoms with Crippen LogP contribution in [0, 0.1) is 11.8 Å². The number of rotatable bonds is 15. The second-order valence-electron chi connectivity index (χ2n) is 10.1. The lowest BCUT2D eigenvalue weighted by Gasteiger charge is -2.26. The maximum atomic E-state index is 13.3. The van der Waals surface area contributed by atoms with Gasteiger partial charge in [-0.1, -0.05) is 27.7 Å². The third kappa shape index (κ3) is 11.0. The average molecular weight is 550 g/mol. The number of anilines is 1. The van der Waals surface area contributed by atoms with Gasteiger partial charge in [-0.2, -0.15) is 0 Å². The largest absolute Gasteiger partial charge is 0.465 e. The Hall–Kier alpha value is -3.51. The molecule has 0 fully saturated rings. The van der Waals surface area contributed by atoms with Gasteiger partial charge in [-0.25, -0.2) is 9.59 Å². The minimum atomic E-state index is -0.988. The lowest BCUT2D eigenvalue weighted by atomic mass is 9.99. The first kappa shape index (κ1) is 33.5. The normalized spacial score (nSPS) is 13.3. The van der Waals surface area contributed by atoms with Crippen LogP contribution in [0.4, 0.5) is 5.69 Å². The SMILES string of the molecule is COC(=O)c1cc(NC(=O)[C@H](CCCCN)NC(=O)[C@H](CC(C)C)NC(=O)[C@H](N)C(C)C)cc(C(=O)OC)c1. The molecule has 218 valence electrons. The second kappa shape index (κ2) is 16.5. The highest BCUT2D eigenvalue weighted by molar-refractivity contribution is 6.02. The number of ether oxygens (including phenoxy) is 2. The summed E-state index contributed by atoms with van der Waals surface area (Å²) in [6, 6.07) is 1.31. The predicted molar refractivity (Wildman–Crippen MR) is 147 cm³/mol. The van der Waals surface area contributed by atoms with Crippen LogP contribution in [0.3, 0.4) is 0 Å². The van der Waals surface area contributed by atoms with Crippen molar-refractivity contribution < 1.29 is 33.4 Å². The first-order valence-corrected chi connectivity index (χ1v) is 13.0. The van der Waals surface area contributed by atoms with Crippen molar-refractivity contribution in [2.75, 3.05) is 26.1 Å². The average Bonchev–Trinajstić information content (AvgIpc) is 2.89. The van der Waals surface area contributed by atoms with Gasteiger partial charge in [0.2, 0.25) is 17.7 Å². The van der Waals surface area contributed by atoms with Crippen LogP contribution in [0.25, 0.3) is 0 Å². The van der Waals surface area contributed by atoms with Gasteiger partial charge in [0.05, 0.1) is 31.4 Å². The molecule has 0 saturated heterocycles. The number of carbonyl (C=O) groups is 5. The van der Waals surface area contributed by atoms with Crippen LogP contribution >= 0.6 is 0 Å². The molecule has 7 N–H and O–H groups in total. The van der Waals surface area contributed by atoms with Crippen LogP contribution in [0.5, 0.6) is 0 Å². The van der Waals surface area contributed by atoms with Crippen LogP contribution in [0.2, 0.25) is 0 Å². The zero-order chi connectivity index (χ0) is 29.7. The lowest BCUT2D eigenvalue weighted by Crippen LogP contribution is -2.56. The van der Waals surface area contributed by atoms with E-state index in [0.29, 0.717) is 25.8 Å². The summed E-state index contributed by atoms with van der Waals surface area (Å²) in [6.45, 7) is 7.84. The molecule has 0 unspecified atom stereocenters. The molecule has 0 radical (unpaired) electrons. The molecule has 0 spiro atoms. The number of amides is 3. The molecule has 0 aliphatic heterocycles. The smallest absolute Gasteiger partial charge is 0.337 e. The first-order chi connectivity index (χ1) is 18.3. The van der Waals surface area contributed by atoms with Gasteiger partial charge >= 0.3 is 11.9 Å². The van der Waals surface area contributed by atoms with E-state index in [-0.39, 0.29) is 35.1 Å². The molecule has 0 aliphatic rings. The summed E-state index contributed by atoms with van der Waals surface area (Å²) in [4.78, 5) is 63.4. The fourth-order valence-electron chi connectivity index (χ4n) is 3.71. The Labute approximate surface area is 229 Å². The molecule has 39 heavy (non-hydrogen) atoms. The van der Waals surface area contributed by atoms with Crippen molar-refractivity contribution >= 4 is 35.3 Å². The molecular formula is C27H43N5O7. The molecule has 0 aromatic heterocycles. The summed E-state index contributed by atoms with van der Waals surface area (Å²) in [5.74, 6) is -3.04. The minimum absolute atomic E-state index is 0.0284. The zero-order valence-electron chi connectivity index (χ0n) is 23.7. The maximum Gasteiger partial charge on any atom is 0.337 e. The van der Waals surface area contributed by atoms with Crippen LogP contribution in [0.15, 0.2) is 18.2 Å². The predicted octanol–water partition coefficient (Wildman–Crippen LogP) is 1.33. The number of carbonyl (C=O) groups excluding carboxylic acids is 5. The van der Waals surface area contributed by atoms with Crippen molar-refractivity contribution in [1.29, 1.82) is 0 Å². The van der Waals surface area contributed by atoms with Gasteiger partial charge < -0.3 is 36.9 Å². The van der Waals surface area contributed by atoms with Crippen molar-refractivity contribution in [3.05, 3.63) is 29.3 Å². The first-order valence-electron chi connectivity index (χ1n) is 13.0. The van der Waals surface area contributed by atoms with Gasteiger partial charge in [0.25, 0.3) is 0 Å². The van der Waals surface area contributed by atoms with Gasteiger partial charge in [-0.3, -0.25) is 14.4 Å². The topological polar surface area (TPSA) is 192 Å². The minimum Gasteiger partial charge on any atom is -0.465 e. The number of hydrogen-bond donors (Lipinski definition) is 5. The fraction of sp³-hybridized carbons (Fsp3) is 0.593. The van der Waals surface area contributed by atoms with Crippen molar-refractivity contribution in [3.8, 4) is 0 Å². The number of nitrogens with two attached hydrogens (primary N) is 2. The second-order valence-corrected chi connectivity index (χ2v) is 10.1. The molecule has 0 bridgehead atoms. The van der Waals surface area contributed by atoms with E-state index >= 15 is 0 Å². The molecular weight excluding hydrogens is 506 g/mol. The number of benzene rings is 1. The molecule has 1 rings (SSSR count). The number of esters is 2. The number of nitrogens with one attached hydrogen (secondary N) is 3. The van der Waals surface area contributed by atoms with E-state index in [4.69, 9.17) is 20.9 Å². The summed E-state index contributed by atoms with van der Waals surface area (Å²) >= 11 is 0. The number of hydrogen-bond acceptors (Lipinski definition) is 9. The Morgan fingerprint density at radius 3 is 1.79 bits per heavy atom. The van der Waals surface area contributed by atoms with Gasteiger partial charge in [0.15, 0.2) is 0 Å². The lowest BCUT2D eigenvalue weighted by molar-refractivity contribution is -0.132. The van der Waals surface area contributed by atoms with E-state index in [1.54, 1.807) is 13.8 Å². The molecule has 3 amide bonds. The summed E-state index contributed by atoms with van der Waals surface area (Å²) < 4.78 is 9.47. The zero-order valence-corrected chi connectivity index (χ0v) is 23.7. The number of methoxy groups -OCH3 is 2. The molecule has 1 aromatic rings. The van der Waals surface area contributed by atoms with Gasteiger partial charge in [0, 0.05) is 5.69 Å². The molecule has 0 aliphatic carbocycles. The quantitative estimate of drug-likeness (QED) is 0.158. The van der Waals surface area contributed by atoms with E-state index in [1.165, 1.54) is 32.4 Å². The van der Waals surface area contributed by atoms with E-state index in [0.717, 1.165) is 0 Å². The Balaban J connectivity index is 3.23. The standard InChI is InChI=1S/C27H43N5O7/c1-15(2)11-21(32-25(35)22(29)16(3)4)24(34)31-20(9-7-8-10-28)23(33)30-19-13-17(26(36)38-5)12-18(14-19)27(37)39-6/h12-16,20-22H,7-11,28-29H2,1-6H3,(H,30,33)(H,31,34)(H,32,35)/t20-,21-,22+/m0/s1. The Kier molecular flexibility index (Phi) is 14.1. The molecule has 12 nitrogen and oxygen atoms in total. The fourth-order valence-corrected chi connectivity index (χ4v) is 3.71. The monoisotopic (exact) mass is 549 g/mol. The Bertz CT molecular complexity index is 978. The van der Waals surface area contributed by atoms with E-state index in [2.05, 4.69) is 16.0 Å². The van der Waals surface area contributed by atoms with E-state index in [1.807, 2.05) is 13.8 Å². The summed E-state index contributed by atoms with van der Waals surface area (Å²) in [7, 11) is 2.38. The molecule has 0 heterocycles. The molecule has 3 atom stereocenters. The van der Waals surface area contributed by atoms with Crippen molar-refractivity contribution in [2.45, 2.75) is 71.5 Å². The number of unbranched alkanes of at least 4 members (excludes halogenated alkanes) is 1. The Morgan fingerprint density at radius 1 is 0.795 bits per heavy atom. The van der Waals surface area contributed by atoms with E-state index < -0.39 is 47.8 Å². The third-order valence-electron chi connectivity index (χ3n) is 5.98. The summed E-state index contributed by atoms with van der Waals surface area (Å²) in [5.41, 5.74) is 11.8. The summed E-state index contributed by atoms with van der Waals surface area (Å²) in [6.07, 6.45) is 1.77. The third-order valence-corrected chi connectivity index (χ3v) is 5.98. The molecule has 0 saturated carbocycles. The van der Waals surface area contributed by atoms with E-state index in [9.17, 15) is 24.0 Å². The molecule has 12 heteroatoms. The van der Waals surface area contributed by atoms with Crippen molar-refractivity contribution in [1.82, 2.24) is 10.6 Å². The Morgan fingerprint density at radius 2 is 1.33 bits per heavy atom. The van der Waals surface area contributed by atoms with Crippen LogP contribution in [0.1, 0.15) is 74.1 Å². The van der Waals surface area contributed by atoms with Crippen LogP contribution < -0.4 is 27.4 Å². The highest BCUT2D eigenvalue weighted by Crippen LogP contribution is 2.18. The van der Waals surface area contributed by atoms with Crippen LogP contribution in [-0.4, -0.2) is 68.6 Å². The van der Waals surface area contributed by atoms with Crippen LogP contribution in [-0.2, 0) is 23.9 Å².